The molecule has 3 aromatic rings. The van der Waals surface area contributed by atoms with Crippen molar-refractivity contribution in [2.45, 2.75) is 6.42 Å². The smallest absolute Gasteiger partial charge is 0.280 e. The van der Waals surface area contributed by atoms with Crippen LogP contribution in [0.1, 0.15) is 11.3 Å². The fourth-order valence-corrected chi connectivity index (χ4v) is 2.40. The van der Waals surface area contributed by atoms with Crippen molar-refractivity contribution in [3.8, 4) is 11.3 Å². The molecular formula is C19H15N3O4. The van der Waals surface area contributed by atoms with E-state index in [0.717, 1.165) is 5.56 Å². The molecule has 0 aliphatic heterocycles. The van der Waals surface area contributed by atoms with Crippen molar-refractivity contribution < 1.29 is 14.1 Å². The predicted octanol–water partition coefficient (Wildman–Crippen LogP) is 3.55. The summed E-state index contributed by atoms with van der Waals surface area (Å²) in [6, 6.07) is 18.9. The molecule has 7 heteroatoms. The summed E-state index contributed by atoms with van der Waals surface area (Å²) in [6.07, 6.45) is 1.57. The zero-order valence-corrected chi connectivity index (χ0v) is 13.7. The molecule has 2 aromatic carbocycles. The Morgan fingerprint density at radius 3 is 2.58 bits per heavy atom. The highest BCUT2D eigenvalue weighted by Gasteiger charge is 2.16. The second kappa shape index (κ2) is 7.89. The quantitative estimate of drug-likeness (QED) is 0.418. The molecule has 1 N–H and O–H groups in total. The second-order valence-electron chi connectivity index (χ2n) is 5.43. The summed E-state index contributed by atoms with van der Waals surface area (Å²) in [5, 5.41) is 14.9. The maximum atomic E-state index is 11.8. The maximum absolute atomic E-state index is 11.8. The highest BCUT2D eigenvalue weighted by molar-refractivity contribution is 5.82. The van der Waals surface area contributed by atoms with Gasteiger partial charge in [0.2, 0.25) is 5.91 Å². The lowest BCUT2D eigenvalue weighted by Gasteiger charge is -1.99. The average Bonchev–Trinajstić information content (AvgIpc) is 3.11. The number of hydrogen-bond donors (Lipinski definition) is 1. The minimum Gasteiger partial charge on any atom is -0.455 e. The van der Waals surface area contributed by atoms with E-state index in [1.54, 1.807) is 30.3 Å². The van der Waals surface area contributed by atoms with Crippen LogP contribution in [0.2, 0.25) is 0 Å². The number of hydrazone groups is 1. The summed E-state index contributed by atoms with van der Waals surface area (Å²) in [5.41, 5.74) is 3.65. The Morgan fingerprint density at radius 2 is 1.81 bits per heavy atom. The number of nitrogens with zero attached hydrogens (tertiary/aromatic N) is 2. The van der Waals surface area contributed by atoms with Gasteiger partial charge in [-0.15, -0.1) is 0 Å². The molecule has 0 unspecified atom stereocenters. The van der Waals surface area contributed by atoms with Gasteiger partial charge in [-0.3, -0.25) is 14.9 Å². The Hall–Kier alpha value is -3.74. The number of benzene rings is 2. The number of nitrogens with one attached hydrogen (secondary N) is 1. The Morgan fingerprint density at radius 1 is 1.08 bits per heavy atom. The molecule has 1 aromatic heterocycles. The van der Waals surface area contributed by atoms with Crippen LogP contribution in [0.25, 0.3) is 11.3 Å². The number of nitro groups is 1. The van der Waals surface area contributed by atoms with Crippen LogP contribution in [0.15, 0.2) is 76.2 Å². The molecule has 3 rings (SSSR count). The third kappa shape index (κ3) is 4.21. The van der Waals surface area contributed by atoms with Crippen LogP contribution >= 0.6 is 0 Å². The highest BCUT2D eigenvalue weighted by Crippen LogP contribution is 2.30. The molecule has 1 heterocycles. The standard InChI is InChI=1S/C19H15N3O4/c23-19(12-14-6-2-1-3-7-14)21-20-13-15-10-11-18(26-15)16-8-4-5-9-17(16)22(24)25/h1-11,13H,12H2,(H,21,23)/b20-13+. The van der Waals surface area contributed by atoms with Gasteiger partial charge in [0.05, 0.1) is 23.1 Å². The van der Waals surface area contributed by atoms with Crippen LogP contribution in [-0.2, 0) is 11.2 Å². The summed E-state index contributed by atoms with van der Waals surface area (Å²) in [5.74, 6) is 0.477. The summed E-state index contributed by atoms with van der Waals surface area (Å²) >= 11 is 0. The highest BCUT2D eigenvalue weighted by atomic mass is 16.6. The van der Waals surface area contributed by atoms with Crippen LogP contribution in [-0.4, -0.2) is 17.0 Å². The first-order chi connectivity index (χ1) is 12.6. The van der Waals surface area contributed by atoms with E-state index in [1.165, 1.54) is 12.3 Å². The van der Waals surface area contributed by atoms with Gasteiger partial charge >= 0.3 is 0 Å². The van der Waals surface area contributed by atoms with E-state index in [2.05, 4.69) is 10.5 Å². The van der Waals surface area contributed by atoms with Crippen molar-refractivity contribution in [1.82, 2.24) is 5.43 Å². The number of rotatable bonds is 6. The number of amides is 1. The zero-order chi connectivity index (χ0) is 18.4. The summed E-state index contributed by atoms with van der Waals surface area (Å²) in [4.78, 5) is 22.4. The summed E-state index contributed by atoms with van der Waals surface area (Å²) < 4.78 is 5.56. The Labute approximate surface area is 149 Å². The number of para-hydroxylation sites is 1. The van der Waals surface area contributed by atoms with Crippen molar-refractivity contribution in [2.75, 3.05) is 0 Å². The molecule has 7 nitrogen and oxygen atoms in total. The third-order valence-electron chi connectivity index (χ3n) is 3.58. The first-order valence-electron chi connectivity index (χ1n) is 7.83. The maximum Gasteiger partial charge on any atom is 0.280 e. The van der Waals surface area contributed by atoms with E-state index in [1.807, 2.05) is 30.3 Å². The molecule has 0 bridgehead atoms. The van der Waals surface area contributed by atoms with Gasteiger partial charge < -0.3 is 4.42 Å². The van der Waals surface area contributed by atoms with Crippen LogP contribution in [0, 0.1) is 10.1 Å². The average molecular weight is 349 g/mol. The monoisotopic (exact) mass is 349 g/mol. The van der Waals surface area contributed by atoms with Crippen molar-refractivity contribution in [1.29, 1.82) is 0 Å². The molecule has 0 aliphatic rings. The molecule has 0 saturated heterocycles. The Kier molecular flexibility index (Phi) is 5.19. The zero-order valence-electron chi connectivity index (χ0n) is 13.7. The molecule has 0 atom stereocenters. The van der Waals surface area contributed by atoms with E-state index in [0.29, 0.717) is 17.1 Å². The van der Waals surface area contributed by atoms with E-state index < -0.39 is 4.92 Å². The molecule has 1 amide bonds. The van der Waals surface area contributed by atoms with Crippen molar-refractivity contribution in [2.24, 2.45) is 5.10 Å². The van der Waals surface area contributed by atoms with Gasteiger partial charge in [0, 0.05) is 6.07 Å². The summed E-state index contributed by atoms with van der Waals surface area (Å²) in [7, 11) is 0. The number of hydrogen-bond acceptors (Lipinski definition) is 5. The molecule has 0 spiro atoms. The molecule has 0 aliphatic carbocycles. The molecular weight excluding hydrogens is 334 g/mol. The van der Waals surface area contributed by atoms with Crippen LogP contribution < -0.4 is 5.43 Å². The predicted molar refractivity (Wildman–Crippen MR) is 96.7 cm³/mol. The molecule has 0 fully saturated rings. The number of furan rings is 1. The number of nitro benzene ring substituents is 1. The van der Waals surface area contributed by atoms with Gasteiger partial charge in [0.25, 0.3) is 5.69 Å². The van der Waals surface area contributed by atoms with Crippen molar-refractivity contribution in [3.05, 3.63) is 88.2 Å². The fraction of sp³-hybridized carbons (Fsp3) is 0.0526. The minimum atomic E-state index is -0.463. The van der Waals surface area contributed by atoms with E-state index in [-0.39, 0.29) is 18.0 Å². The van der Waals surface area contributed by atoms with Crippen LogP contribution in [0.5, 0.6) is 0 Å². The van der Waals surface area contributed by atoms with Gasteiger partial charge in [0.1, 0.15) is 11.5 Å². The number of carbonyl (C=O) groups excluding carboxylic acids is 1. The van der Waals surface area contributed by atoms with Gasteiger partial charge in [0.15, 0.2) is 0 Å². The van der Waals surface area contributed by atoms with E-state index in [9.17, 15) is 14.9 Å². The largest absolute Gasteiger partial charge is 0.455 e. The first-order valence-corrected chi connectivity index (χ1v) is 7.83. The van der Waals surface area contributed by atoms with Crippen molar-refractivity contribution in [3.63, 3.8) is 0 Å². The fourth-order valence-electron chi connectivity index (χ4n) is 2.40. The van der Waals surface area contributed by atoms with Gasteiger partial charge in [-0.1, -0.05) is 42.5 Å². The first kappa shape index (κ1) is 17.1. The molecule has 26 heavy (non-hydrogen) atoms. The number of carbonyl (C=O) groups is 1. The lowest BCUT2D eigenvalue weighted by atomic mass is 10.1. The molecule has 0 radical (unpaired) electrons. The lowest BCUT2D eigenvalue weighted by Crippen LogP contribution is -2.19. The minimum absolute atomic E-state index is 0.0403. The van der Waals surface area contributed by atoms with Crippen LogP contribution in [0.3, 0.4) is 0 Å². The van der Waals surface area contributed by atoms with Gasteiger partial charge in [-0.25, -0.2) is 5.43 Å². The topological polar surface area (TPSA) is 97.7 Å². The third-order valence-corrected chi connectivity index (χ3v) is 3.58. The normalized spacial score (nSPS) is 10.8. The molecule has 0 saturated carbocycles. The van der Waals surface area contributed by atoms with Gasteiger partial charge in [-0.2, -0.15) is 5.10 Å². The molecule has 130 valence electrons. The van der Waals surface area contributed by atoms with Crippen LogP contribution in [0.4, 0.5) is 5.69 Å². The van der Waals surface area contributed by atoms with Gasteiger partial charge in [-0.05, 0) is 23.8 Å². The van der Waals surface area contributed by atoms with E-state index >= 15 is 0 Å². The van der Waals surface area contributed by atoms with E-state index in [4.69, 9.17) is 4.42 Å². The lowest BCUT2D eigenvalue weighted by molar-refractivity contribution is -0.384. The van der Waals surface area contributed by atoms with Crippen molar-refractivity contribution >= 4 is 17.8 Å². The Bertz CT molecular complexity index is 948. The SMILES string of the molecule is O=C(Cc1ccccc1)N/N=C/c1ccc(-c2ccccc2[N+](=O)[O-])o1. The summed E-state index contributed by atoms with van der Waals surface area (Å²) in [6.45, 7) is 0. The Balaban J connectivity index is 1.64. The second-order valence-corrected chi connectivity index (χ2v) is 5.43.